The van der Waals surface area contributed by atoms with Crippen LogP contribution in [0.3, 0.4) is 0 Å². The Morgan fingerprint density at radius 1 is 1.02 bits per heavy atom. The van der Waals surface area contributed by atoms with Gasteiger partial charge in [-0.2, -0.15) is 5.26 Å². The Morgan fingerprint density at radius 3 is 2.46 bits per heavy atom. The molecule has 3 N–H and O–H groups in total. The number of nitrogens with one attached hydrogen (secondary N) is 3. The van der Waals surface area contributed by atoms with E-state index in [0.29, 0.717) is 38.3 Å². The molecule has 0 spiro atoms. The van der Waals surface area contributed by atoms with Gasteiger partial charge < -0.3 is 16.0 Å². The molecular weight excluding hydrogens is 660 g/mol. The van der Waals surface area contributed by atoms with Crippen LogP contribution < -0.4 is 16.0 Å². The molecule has 3 amide bonds. The molecule has 0 bridgehead atoms. The Labute approximate surface area is 294 Å². The number of carbonyl (C=O) groups excluding carboxylic acids is 3. The van der Waals surface area contributed by atoms with E-state index < -0.39 is 17.1 Å². The minimum Gasteiger partial charge on any atom is -0.321 e. The van der Waals surface area contributed by atoms with Crippen LogP contribution in [0.5, 0.6) is 0 Å². The molecule has 2 unspecified atom stereocenters. The van der Waals surface area contributed by atoms with Crippen LogP contribution in [-0.4, -0.2) is 23.0 Å². The van der Waals surface area contributed by atoms with E-state index in [9.17, 15) is 19.6 Å². The van der Waals surface area contributed by atoms with Gasteiger partial charge in [0.25, 0.3) is 11.8 Å². The molecule has 1 aromatic heterocycles. The topological polar surface area (TPSA) is 111 Å². The van der Waals surface area contributed by atoms with Crippen molar-refractivity contribution in [3.05, 3.63) is 117 Å². The number of carbonyl (C=O) groups is 3. The van der Waals surface area contributed by atoms with Crippen LogP contribution in [0.2, 0.25) is 5.02 Å². The van der Waals surface area contributed by atoms with Crippen LogP contribution in [-0.2, 0) is 22.4 Å². The second kappa shape index (κ2) is 15.2. The summed E-state index contributed by atoms with van der Waals surface area (Å²) in [5.74, 6) is -0.644. The fourth-order valence-electron chi connectivity index (χ4n) is 5.54. The quantitative estimate of drug-likeness (QED) is 0.120. The molecule has 0 saturated carbocycles. The molecule has 246 valence electrons. The van der Waals surface area contributed by atoms with Crippen molar-refractivity contribution in [2.75, 3.05) is 10.6 Å². The summed E-state index contributed by atoms with van der Waals surface area (Å²) < 4.78 is 0. The monoisotopic (exact) mass is 696 g/mol. The van der Waals surface area contributed by atoms with Crippen molar-refractivity contribution in [2.45, 2.75) is 57.1 Å². The summed E-state index contributed by atoms with van der Waals surface area (Å²) in [5, 5.41) is 19.1. The Morgan fingerprint density at radius 2 is 1.75 bits per heavy atom. The van der Waals surface area contributed by atoms with Crippen LogP contribution >= 0.6 is 34.7 Å². The molecule has 0 radical (unpaired) electrons. The van der Waals surface area contributed by atoms with Crippen molar-refractivity contribution in [3.8, 4) is 6.07 Å². The van der Waals surface area contributed by atoms with Gasteiger partial charge in [-0.3, -0.25) is 14.4 Å². The van der Waals surface area contributed by atoms with Gasteiger partial charge in [0.15, 0.2) is 0 Å². The lowest BCUT2D eigenvalue weighted by Crippen LogP contribution is -2.30. The summed E-state index contributed by atoms with van der Waals surface area (Å²) in [4.78, 5) is 41.8. The summed E-state index contributed by atoms with van der Waals surface area (Å²) in [6.07, 6.45) is 4.33. The van der Waals surface area contributed by atoms with Gasteiger partial charge in [0.05, 0.1) is 10.8 Å². The van der Waals surface area contributed by atoms with Gasteiger partial charge in [-0.1, -0.05) is 74.8 Å². The van der Waals surface area contributed by atoms with Gasteiger partial charge in [-0.25, -0.2) is 0 Å². The number of nitriles is 1. The average molecular weight is 697 g/mol. The first-order valence-electron chi connectivity index (χ1n) is 15.7. The molecule has 3 aromatic carbocycles. The number of anilines is 2. The van der Waals surface area contributed by atoms with E-state index in [1.54, 1.807) is 72.8 Å². The van der Waals surface area contributed by atoms with Crippen molar-refractivity contribution in [3.63, 3.8) is 0 Å². The molecule has 1 aliphatic rings. The van der Waals surface area contributed by atoms with Crippen LogP contribution in [0.25, 0.3) is 6.08 Å². The number of rotatable bonds is 9. The molecular formula is C38H37ClN4O3S2. The minimum absolute atomic E-state index is 0.0171. The van der Waals surface area contributed by atoms with E-state index in [0.717, 1.165) is 29.7 Å². The zero-order valence-corrected chi connectivity index (χ0v) is 29.6. The molecule has 7 nitrogen and oxygen atoms in total. The van der Waals surface area contributed by atoms with Gasteiger partial charge in [0, 0.05) is 26.0 Å². The number of halogens is 1. The van der Waals surface area contributed by atoms with Crippen molar-refractivity contribution in [2.24, 2.45) is 11.3 Å². The van der Waals surface area contributed by atoms with Crippen molar-refractivity contribution in [1.82, 2.24) is 5.32 Å². The Kier molecular flexibility index (Phi) is 11.1. The summed E-state index contributed by atoms with van der Waals surface area (Å²) in [6.45, 7) is 8.57. The SMILES string of the molecule is CC(Sc1cccc(NC(=O)/C(=C\c2ccccc2Cl)NC(=O)c2ccccc2)c1)C(=O)Nc1sc2c(c1C#N)CCC(C(C)(C)C)C2. The van der Waals surface area contributed by atoms with Crippen LogP contribution in [0, 0.1) is 22.7 Å². The molecule has 5 rings (SSSR count). The number of thioether (sulfide) groups is 1. The lowest BCUT2D eigenvalue weighted by molar-refractivity contribution is -0.115. The molecule has 10 heteroatoms. The number of fused-ring (bicyclic) bond motifs is 1. The number of hydrogen-bond donors (Lipinski definition) is 3. The van der Waals surface area contributed by atoms with E-state index in [2.05, 4.69) is 42.8 Å². The predicted molar refractivity (Wildman–Crippen MR) is 196 cm³/mol. The second-order valence-electron chi connectivity index (χ2n) is 12.8. The molecule has 2 atom stereocenters. The average Bonchev–Trinajstić information content (AvgIpc) is 3.41. The summed E-state index contributed by atoms with van der Waals surface area (Å²) >= 11 is 9.22. The Balaban J connectivity index is 1.28. The Bertz CT molecular complexity index is 1910. The van der Waals surface area contributed by atoms with Crippen molar-refractivity contribution in [1.29, 1.82) is 5.26 Å². The maximum atomic E-state index is 13.5. The molecule has 1 heterocycles. The maximum absolute atomic E-state index is 13.5. The highest BCUT2D eigenvalue weighted by molar-refractivity contribution is 8.00. The van der Waals surface area contributed by atoms with Gasteiger partial charge in [-0.05, 0) is 91.1 Å². The Hall–Kier alpha value is -4.36. The molecule has 48 heavy (non-hydrogen) atoms. The van der Waals surface area contributed by atoms with Crippen LogP contribution in [0.4, 0.5) is 10.7 Å². The smallest absolute Gasteiger partial charge is 0.272 e. The number of thiophene rings is 1. The zero-order valence-electron chi connectivity index (χ0n) is 27.2. The second-order valence-corrected chi connectivity index (χ2v) is 15.7. The van der Waals surface area contributed by atoms with Crippen LogP contribution in [0.1, 0.15) is 66.0 Å². The minimum atomic E-state index is -0.536. The maximum Gasteiger partial charge on any atom is 0.272 e. The third-order valence-electron chi connectivity index (χ3n) is 8.35. The zero-order chi connectivity index (χ0) is 34.4. The number of amides is 3. The van der Waals surface area contributed by atoms with Gasteiger partial charge in [0.2, 0.25) is 5.91 Å². The standard InChI is InChI=1S/C38H37ClN4O3S2/c1-23(34(44)43-37-30(22-40)29-18-17-26(38(2,3)4)20-33(29)48-37)47-28-15-10-14-27(21-28)41-36(46)32(19-25-13-8-9-16-31(25)39)42-35(45)24-11-6-5-7-12-24/h5-16,19,21,23,26H,17-18,20H2,1-4H3,(H,41,46)(H,42,45)(H,43,44)/b32-19+. The number of hydrogen-bond acceptors (Lipinski definition) is 6. The highest BCUT2D eigenvalue weighted by Gasteiger charge is 2.32. The van der Waals surface area contributed by atoms with Crippen molar-refractivity contribution < 1.29 is 14.4 Å². The fourth-order valence-corrected chi connectivity index (χ4v) is 7.94. The fraction of sp³-hybridized carbons (Fsp3) is 0.263. The van der Waals surface area contributed by atoms with Gasteiger partial charge in [-0.15, -0.1) is 23.1 Å². The normalized spacial score (nSPS) is 15.1. The van der Waals surface area contributed by atoms with Crippen LogP contribution in [0.15, 0.2) is 89.5 Å². The molecule has 0 aliphatic heterocycles. The van der Waals surface area contributed by atoms with E-state index >= 15 is 0 Å². The molecule has 0 fully saturated rings. The highest BCUT2D eigenvalue weighted by atomic mass is 35.5. The van der Waals surface area contributed by atoms with Crippen molar-refractivity contribution >= 4 is 69.2 Å². The first-order chi connectivity index (χ1) is 22.9. The molecule has 0 saturated heterocycles. The van der Waals surface area contributed by atoms with E-state index in [4.69, 9.17) is 11.6 Å². The third kappa shape index (κ3) is 8.56. The lowest BCUT2D eigenvalue weighted by atomic mass is 9.72. The van der Waals surface area contributed by atoms with E-state index in [1.165, 1.54) is 34.1 Å². The van der Waals surface area contributed by atoms with Gasteiger partial charge >= 0.3 is 0 Å². The summed E-state index contributed by atoms with van der Waals surface area (Å²) in [7, 11) is 0. The summed E-state index contributed by atoms with van der Waals surface area (Å²) in [5.41, 5.74) is 3.32. The largest absolute Gasteiger partial charge is 0.321 e. The highest BCUT2D eigenvalue weighted by Crippen LogP contribution is 2.44. The molecule has 4 aromatic rings. The molecule has 1 aliphatic carbocycles. The predicted octanol–water partition coefficient (Wildman–Crippen LogP) is 8.95. The van der Waals surface area contributed by atoms with Gasteiger partial charge in [0.1, 0.15) is 16.8 Å². The first-order valence-corrected chi connectivity index (χ1v) is 17.8. The van der Waals surface area contributed by atoms with E-state index in [-0.39, 0.29) is 17.0 Å². The lowest BCUT2D eigenvalue weighted by Gasteiger charge is -2.33. The third-order valence-corrected chi connectivity index (χ3v) is 11.0. The summed E-state index contributed by atoms with van der Waals surface area (Å²) in [6, 6.07) is 25.1. The van der Waals surface area contributed by atoms with E-state index in [1.807, 2.05) is 13.0 Å². The number of benzene rings is 3. The number of nitrogens with zero attached hydrogens (tertiary/aromatic N) is 1. The first kappa shape index (κ1) is 35.0.